The van der Waals surface area contributed by atoms with Crippen molar-refractivity contribution in [2.24, 2.45) is 0 Å². The third-order valence-electron chi connectivity index (χ3n) is 4.33. The fraction of sp³-hybridized carbons (Fsp3) is 0.400. The number of ether oxygens (including phenoxy) is 3. The molecule has 0 saturated carbocycles. The minimum atomic E-state index is -0.338. The second kappa shape index (κ2) is 10.1. The van der Waals surface area contributed by atoms with Crippen molar-refractivity contribution in [3.8, 4) is 5.75 Å². The number of halogens is 4. The van der Waals surface area contributed by atoms with Crippen LogP contribution in [0.2, 0.25) is 10.0 Å². The van der Waals surface area contributed by atoms with E-state index in [2.05, 4.69) is 15.9 Å². The van der Waals surface area contributed by atoms with Crippen molar-refractivity contribution in [2.75, 3.05) is 11.9 Å². The Morgan fingerprint density at radius 3 is 2.63 bits per heavy atom. The summed E-state index contributed by atoms with van der Waals surface area (Å²) in [6.07, 6.45) is 2.02. The second-order valence-electron chi connectivity index (χ2n) is 6.33. The zero-order valence-electron chi connectivity index (χ0n) is 14.5. The van der Waals surface area contributed by atoms with Crippen molar-refractivity contribution >= 4 is 39.1 Å². The molecule has 146 valence electrons. The van der Waals surface area contributed by atoms with Crippen LogP contribution in [0, 0.1) is 5.82 Å². The summed E-state index contributed by atoms with van der Waals surface area (Å²) in [5.74, 6) is 0.334. The highest BCUT2D eigenvalue weighted by molar-refractivity contribution is 9.09. The molecule has 0 radical (unpaired) electrons. The lowest BCUT2D eigenvalue weighted by Crippen LogP contribution is -2.34. The molecule has 1 unspecified atom stereocenters. The highest BCUT2D eigenvalue weighted by atomic mass is 79.9. The van der Waals surface area contributed by atoms with Gasteiger partial charge in [-0.1, -0.05) is 45.2 Å². The van der Waals surface area contributed by atoms with Crippen molar-refractivity contribution in [1.82, 2.24) is 0 Å². The number of hydrogen-bond acceptors (Lipinski definition) is 3. The first-order valence-electron chi connectivity index (χ1n) is 8.75. The molecule has 1 fully saturated rings. The lowest BCUT2D eigenvalue weighted by atomic mass is 10.1. The Balaban J connectivity index is 1.55. The predicted octanol–water partition coefficient (Wildman–Crippen LogP) is 6.56. The van der Waals surface area contributed by atoms with Crippen molar-refractivity contribution < 1.29 is 18.6 Å². The summed E-state index contributed by atoms with van der Waals surface area (Å²) in [4.78, 5) is 0. The van der Waals surface area contributed by atoms with E-state index in [0.717, 1.165) is 24.8 Å². The summed E-state index contributed by atoms with van der Waals surface area (Å²) in [6.45, 7) is 0.395. The molecular weight excluding hydrogens is 458 g/mol. The highest BCUT2D eigenvalue weighted by Gasteiger charge is 2.27. The molecule has 0 N–H and O–H groups in total. The molecule has 7 heteroatoms. The molecule has 2 aromatic rings. The van der Waals surface area contributed by atoms with Crippen LogP contribution in [0.3, 0.4) is 0 Å². The molecule has 1 aliphatic rings. The van der Waals surface area contributed by atoms with E-state index in [-0.39, 0.29) is 24.3 Å². The maximum absolute atomic E-state index is 13.0. The lowest BCUT2D eigenvalue weighted by Gasteiger charge is -2.32. The van der Waals surface area contributed by atoms with Crippen LogP contribution in [0.1, 0.15) is 30.9 Å². The third kappa shape index (κ3) is 6.06. The van der Waals surface area contributed by atoms with Crippen molar-refractivity contribution in [3.05, 3.63) is 63.9 Å². The van der Waals surface area contributed by atoms with Crippen molar-refractivity contribution in [1.29, 1.82) is 0 Å². The molecule has 0 aromatic heterocycles. The van der Waals surface area contributed by atoms with Gasteiger partial charge in [0.25, 0.3) is 0 Å². The van der Waals surface area contributed by atoms with Crippen LogP contribution in [0.15, 0.2) is 42.5 Å². The van der Waals surface area contributed by atoms with Crippen LogP contribution in [0.5, 0.6) is 5.75 Å². The largest absolute Gasteiger partial charge is 0.491 e. The van der Waals surface area contributed by atoms with Gasteiger partial charge in [0, 0.05) is 20.9 Å². The summed E-state index contributed by atoms with van der Waals surface area (Å²) < 4.78 is 30.8. The van der Waals surface area contributed by atoms with Gasteiger partial charge in [-0.3, -0.25) is 0 Å². The van der Waals surface area contributed by atoms with Crippen LogP contribution in [-0.4, -0.2) is 24.3 Å². The summed E-state index contributed by atoms with van der Waals surface area (Å²) in [5.41, 5.74) is 0.867. The summed E-state index contributed by atoms with van der Waals surface area (Å²) >= 11 is 15.8. The van der Waals surface area contributed by atoms with Gasteiger partial charge in [-0.25, -0.2) is 4.39 Å². The maximum atomic E-state index is 13.0. The number of hydrogen-bond donors (Lipinski definition) is 0. The number of rotatable bonds is 7. The standard InChI is InChI=1S/C20H20BrCl2FO3/c21-11-19(17-9-4-13(22)10-18(17)23)27-20-3-1-2-16(26-20)12-25-15-7-5-14(24)6-8-15/h4-10,16,19-20H,1-3,11-12H2/t16-,19?,20+/m1/s1. The first kappa shape index (κ1) is 20.9. The van der Waals surface area contributed by atoms with Crippen LogP contribution in [0.25, 0.3) is 0 Å². The van der Waals surface area contributed by atoms with Crippen LogP contribution in [-0.2, 0) is 9.47 Å². The Bertz CT molecular complexity index is 745. The minimum absolute atomic E-state index is 0.0783. The Kier molecular flexibility index (Phi) is 7.79. The molecular formula is C20H20BrCl2FO3. The first-order valence-corrected chi connectivity index (χ1v) is 10.6. The molecule has 0 aliphatic carbocycles. The topological polar surface area (TPSA) is 27.7 Å². The van der Waals surface area contributed by atoms with E-state index in [0.29, 0.717) is 27.7 Å². The molecule has 1 saturated heterocycles. The molecule has 0 bridgehead atoms. The van der Waals surface area contributed by atoms with Crippen LogP contribution in [0.4, 0.5) is 4.39 Å². The minimum Gasteiger partial charge on any atom is -0.491 e. The van der Waals surface area contributed by atoms with Gasteiger partial charge in [0.1, 0.15) is 18.2 Å². The summed E-state index contributed by atoms with van der Waals surface area (Å²) in [7, 11) is 0. The zero-order chi connectivity index (χ0) is 19.2. The van der Waals surface area contributed by atoms with Gasteiger partial charge in [0.15, 0.2) is 6.29 Å². The maximum Gasteiger partial charge on any atom is 0.159 e. The molecule has 3 rings (SSSR count). The second-order valence-corrected chi connectivity index (χ2v) is 7.82. The molecule has 0 amide bonds. The summed E-state index contributed by atoms with van der Waals surface area (Å²) in [6, 6.07) is 11.3. The molecule has 1 heterocycles. The number of benzene rings is 2. The average Bonchev–Trinajstić information content (AvgIpc) is 2.66. The van der Waals surface area contributed by atoms with Gasteiger partial charge < -0.3 is 14.2 Å². The Labute approximate surface area is 176 Å². The van der Waals surface area contributed by atoms with Crippen LogP contribution < -0.4 is 4.74 Å². The van der Waals surface area contributed by atoms with E-state index >= 15 is 0 Å². The fourth-order valence-electron chi connectivity index (χ4n) is 2.94. The van der Waals surface area contributed by atoms with Gasteiger partial charge in [0.2, 0.25) is 0 Å². The quantitative estimate of drug-likeness (QED) is 0.422. The third-order valence-corrected chi connectivity index (χ3v) is 5.48. The summed E-state index contributed by atoms with van der Waals surface area (Å²) in [5, 5.41) is 1.74. The van der Waals surface area contributed by atoms with E-state index < -0.39 is 0 Å². The monoisotopic (exact) mass is 476 g/mol. The Hall–Kier alpha value is -0.850. The van der Waals surface area contributed by atoms with Gasteiger partial charge in [-0.15, -0.1) is 0 Å². The van der Waals surface area contributed by atoms with Gasteiger partial charge in [-0.2, -0.15) is 0 Å². The van der Waals surface area contributed by atoms with E-state index in [4.69, 9.17) is 37.4 Å². The Morgan fingerprint density at radius 1 is 1.15 bits per heavy atom. The zero-order valence-corrected chi connectivity index (χ0v) is 17.6. The van der Waals surface area contributed by atoms with Crippen molar-refractivity contribution in [3.63, 3.8) is 0 Å². The molecule has 3 atom stereocenters. The van der Waals surface area contributed by atoms with Gasteiger partial charge in [-0.05, 0) is 55.7 Å². The van der Waals surface area contributed by atoms with E-state index in [9.17, 15) is 4.39 Å². The molecule has 3 nitrogen and oxygen atoms in total. The highest BCUT2D eigenvalue weighted by Crippen LogP contribution is 2.33. The van der Waals surface area contributed by atoms with Crippen molar-refractivity contribution in [2.45, 2.75) is 37.8 Å². The predicted molar refractivity (Wildman–Crippen MR) is 108 cm³/mol. The van der Waals surface area contributed by atoms with Crippen LogP contribution >= 0.6 is 39.1 Å². The SMILES string of the molecule is Fc1ccc(OC[C@H]2CCC[C@H](OC(CBr)c3ccc(Cl)cc3Cl)O2)cc1. The fourth-order valence-corrected chi connectivity index (χ4v) is 3.98. The van der Waals surface area contributed by atoms with E-state index in [1.807, 2.05) is 6.07 Å². The smallest absolute Gasteiger partial charge is 0.159 e. The van der Waals surface area contributed by atoms with Gasteiger partial charge >= 0.3 is 0 Å². The lowest BCUT2D eigenvalue weighted by molar-refractivity contribution is -0.217. The first-order chi connectivity index (χ1) is 13.0. The normalized spacial score (nSPS) is 21.0. The Morgan fingerprint density at radius 2 is 1.93 bits per heavy atom. The number of alkyl halides is 1. The molecule has 0 spiro atoms. The molecule has 1 aliphatic heterocycles. The van der Waals surface area contributed by atoms with E-state index in [1.165, 1.54) is 12.1 Å². The average molecular weight is 478 g/mol. The van der Waals surface area contributed by atoms with E-state index in [1.54, 1.807) is 24.3 Å². The molecule has 2 aromatic carbocycles. The van der Waals surface area contributed by atoms with Gasteiger partial charge in [0.05, 0.1) is 12.2 Å². The molecule has 27 heavy (non-hydrogen) atoms.